The van der Waals surface area contributed by atoms with Gasteiger partial charge in [-0.05, 0) is 29.9 Å². The lowest BCUT2D eigenvalue weighted by Crippen LogP contribution is -2.25. The van der Waals surface area contributed by atoms with Gasteiger partial charge in [0.05, 0.1) is 7.11 Å². The number of benzene rings is 2. The minimum Gasteiger partial charge on any atom is -0.496 e. The maximum Gasteiger partial charge on any atom is 0.126 e. The fourth-order valence-electron chi connectivity index (χ4n) is 2.70. The van der Waals surface area contributed by atoms with E-state index in [2.05, 4.69) is 53.9 Å². The van der Waals surface area contributed by atoms with Crippen LogP contribution in [0.15, 0.2) is 48.6 Å². The van der Waals surface area contributed by atoms with Crippen molar-refractivity contribution in [2.45, 2.75) is 25.4 Å². The molecule has 98 valence electrons. The maximum atomic E-state index is 5.43. The van der Waals surface area contributed by atoms with Crippen molar-refractivity contribution in [3.05, 3.63) is 54.1 Å². The van der Waals surface area contributed by atoms with Gasteiger partial charge < -0.3 is 10.1 Å². The van der Waals surface area contributed by atoms with Crippen LogP contribution < -0.4 is 10.1 Å². The summed E-state index contributed by atoms with van der Waals surface area (Å²) in [4.78, 5) is 0. The minimum absolute atomic E-state index is 0.598. The number of nitrogens with one attached hydrogen (secondary N) is 1. The number of hydrogen-bond donors (Lipinski definition) is 1. The summed E-state index contributed by atoms with van der Waals surface area (Å²) in [5.74, 6) is 0.946. The summed E-state index contributed by atoms with van der Waals surface area (Å²) in [5.41, 5.74) is 1.34. The van der Waals surface area contributed by atoms with Gasteiger partial charge >= 0.3 is 0 Å². The van der Waals surface area contributed by atoms with Crippen LogP contribution in [0.2, 0.25) is 0 Å². The van der Waals surface area contributed by atoms with Crippen molar-refractivity contribution in [2.24, 2.45) is 0 Å². The number of fused-ring (bicyclic) bond motifs is 1. The summed E-state index contributed by atoms with van der Waals surface area (Å²) in [7, 11) is 1.73. The second kappa shape index (κ2) is 5.45. The van der Waals surface area contributed by atoms with Crippen molar-refractivity contribution in [1.29, 1.82) is 0 Å². The Morgan fingerprint density at radius 2 is 1.79 bits per heavy atom. The van der Waals surface area contributed by atoms with Crippen LogP contribution in [0.1, 0.15) is 18.4 Å². The fraction of sp³-hybridized carbons (Fsp3) is 0.294. The predicted molar refractivity (Wildman–Crippen MR) is 79.5 cm³/mol. The van der Waals surface area contributed by atoms with Crippen molar-refractivity contribution >= 4 is 10.8 Å². The van der Waals surface area contributed by atoms with Gasteiger partial charge in [0.25, 0.3) is 0 Å². The Labute approximate surface area is 114 Å². The van der Waals surface area contributed by atoms with Crippen molar-refractivity contribution in [3.8, 4) is 5.75 Å². The lowest BCUT2D eigenvalue weighted by Gasteiger charge is -2.14. The summed E-state index contributed by atoms with van der Waals surface area (Å²) in [6, 6.07) is 13.3. The van der Waals surface area contributed by atoms with E-state index in [1.807, 2.05) is 0 Å². The Kier molecular flexibility index (Phi) is 3.51. The zero-order valence-corrected chi connectivity index (χ0v) is 11.2. The molecule has 0 aromatic heterocycles. The monoisotopic (exact) mass is 253 g/mol. The van der Waals surface area contributed by atoms with Crippen LogP contribution in [0.3, 0.4) is 0 Å². The molecule has 0 heterocycles. The third kappa shape index (κ3) is 2.49. The van der Waals surface area contributed by atoms with Gasteiger partial charge in [0.15, 0.2) is 0 Å². The van der Waals surface area contributed by atoms with Crippen LogP contribution in [-0.4, -0.2) is 13.2 Å². The molecular weight excluding hydrogens is 234 g/mol. The van der Waals surface area contributed by atoms with E-state index < -0.39 is 0 Å². The summed E-state index contributed by atoms with van der Waals surface area (Å²) < 4.78 is 5.43. The molecule has 2 heteroatoms. The maximum absolute atomic E-state index is 5.43. The third-order valence-electron chi connectivity index (χ3n) is 3.78. The van der Waals surface area contributed by atoms with Gasteiger partial charge in [0.1, 0.15) is 5.75 Å². The molecular formula is C17H19NO. The van der Waals surface area contributed by atoms with Crippen LogP contribution in [-0.2, 0) is 6.54 Å². The predicted octanol–water partition coefficient (Wildman–Crippen LogP) is 3.66. The Hall–Kier alpha value is -1.80. The molecule has 1 N–H and O–H groups in total. The zero-order valence-electron chi connectivity index (χ0n) is 11.2. The van der Waals surface area contributed by atoms with E-state index >= 15 is 0 Å². The molecule has 19 heavy (non-hydrogen) atoms. The molecule has 0 saturated carbocycles. The number of hydrogen-bond acceptors (Lipinski definition) is 2. The highest BCUT2D eigenvalue weighted by molar-refractivity contribution is 5.91. The van der Waals surface area contributed by atoms with Gasteiger partial charge in [-0.3, -0.25) is 0 Å². The molecule has 0 unspecified atom stereocenters. The van der Waals surface area contributed by atoms with Crippen molar-refractivity contribution in [2.75, 3.05) is 7.11 Å². The van der Waals surface area contributed by atoms with E-state index in [-0.39, 0.29) is 0 Å². The quantitative estimate of drug-likeness (QED) is 0.840. The summed E-state index contributed by atoms with van der Waals surface area (Å²) >= 11 is 0. The fourth-order valence-corrected chi connectivity index (χ4v) is 2.70. The average molecular weight is 253 g/mol. The van der Waals surface area contributed by atoms with Crippen LogP contribution in [0.4, 0.5) is 0 Å². The smallest absolute Gasteiger partial charge is 0.126 e. The first kappa shape index (κ1) is 12.2. The molecule has 0 atom stereocenters. The van der Waals surface area contributed by atoms with Crippen molar-refractivity contribution < 1.29 is 4.74 Å². The molecule has 0 saturated heterocycles. The molecule has 1 aliphatic carbocycles. The highest BCUT2D eigenvalue weighted by atomic mass is 16.5. The normalized spacial score (nSPS) is 15.2. The van der Waals surface area contributed by atoms with E-state index in [4.69, 9.17) is 4.74 Å². The summed E-state index contributed by atoms with van der Waals surface area (Å²) in [5, 5.41) is 6.09. The molecule has 0 aliphatic heterocycles. The first-order valence-electron chi connectivity index (χ1n) is 6.81. The molecule has 0 amide bonds. The first-order valence-corrected chi connectivity index (χ1v) is 6.81. The highest BCUT2D eigenvalue weighted by Gasteiger charge is 2.11. The Morgan fingerprint density at radius 3 is 2.53 bits per heavy atom. The minimum atomic E-state index is 0.598. The second-order valence-electron chi connectivity index (χ2n) is 4.99. The molecule has 0 radical (unpaired) electrons. The number of ether oxygens (including phenoxy) is 1. The van der Waals surface area contributed by atoms with E-state index in [1.165, 1.54) is 16.3 Å². The lowest BCUT2D eigenvalue weighted by molar-refractivity contribution is 0.419. The Morgan fingerprint density at radius 1 is 1.05 bits per heavy atom. The van der Waals surface area contributed by atoms with Gasteiger partial charge in [0.2, 0.25) is 0 Å². The molecule has 2 nitrogen and oxygen atoms in total. The topological polar surface area (TPSA) is 21.3 Å². The van der Waals surface area contributed by atoms with Crippen LogP contribution in [0.5, 0.6) is 5.75 Å². The Balaban J connectivity index is 1.86. The summed E-state index contributed by atoms with van der Waals surface area (Å²) in [6.45, 7) is 0.914. The molecule has 2 aromatic rings. The van der Waals surface area contributed by atoms with E-state index in [0.29, 0.717) is 6.04 Å². The summed E-state index contributed by atoms with van der Waals surface area (Å²) in [6.07, 6.45) is 6.80. The highest BCUT2D eigenvalue weighted by Crippen LogP contribution is 2.28. The molecule has 1 aliphatic rings. The largest absolute Gasteiger partial charge is 0.496 e. The van der Waals surface area contributed by atoms with Gasteiger partial charge in [-0.1, -0.05) is 42.5 Å². The van der Waals surface area contributed by atoms with Gasteiger partial charge in [0, 0.05) is 18.0 Å². The van der Waals surface area contributed by atoms with Gasteiger partial charge in [-0.25, -0.2) is 0 Å². The van der Waals surface area contributed by atoms with Gasteiger partial charge in [-0.15, -0.1) is 0 Å². The van der Waals surface area contributed by atoms with E-state index in [0.717, 1.165) is 25.1 Å². The van der Waals surface area contributed by atoms with E-state index in [9.17, 15) is 0 Å². The van der Waals surface area contributed by atoms with Crippen LogP contribution >= 0.6 is 0 Å². The molecule has 0 bridgehead atoms. The SMILES string of the molecule is COc1ccc(CNC2CC=CC2)c2ccccc12. The molecule has 3 rings (SSSR count). The number of rotatable bonds is 4. The van der Waals surface area contributed by atoms with Crippen LogP contribution in [0.25, 0.3) is 10.8 Å². The second-order valence-corrected chi connectivity index (χ2v) is 4.99. The average Bonchev–Trinajstić information content (AvgIpc) is 2.98. The van der Waals surface area contributed by atoms with Crippen molar-refractivity contribution in [3.63, 3.8) is 0 Å². The third-order valence-corrected chi connectivity index (χ3v) is 3.78. The van der Waals surface area contributed by atoms with Crippen molar-refractivity contribution in [1.82, 2.24) is 5.32 Å². The lowest BCUT2D eigenvalue weighted by atomic mass is 10.0. The Bertz CT molecular complexity index is 595. The number of methoxy groups -OCH3 is 1. The molecule has 0 fully saturated rings. The van der Waals surface area contributed by atoms with Gasteiger partial charge in [-0.2, -0.15) is 0 Å². The molecule has 0 spiro atoms. The zero-order chi connectivity index (χ0) is 13.1. The first-order chi connectivity index (χ1) is 9.38. The van der Waals surface area contributed by atoms with Crippen LogP contribution in [0, 0.1) is 0 Å². The van der Waals surface area contributed by atoms with E-state index in [1.54, 1.807) is 7.11 Å². The standard InChI is InChI=1S/C17H19NO/c1-19-17-11-10-13(12-18-14-6-2-3-7-14)15-8-4-5-9-16(15)17/h2-5,8-11,14,18H,6-7,12H2,1H3. The molecule has 2 aromatic carbocycles.